The van der Waals surface area contributed by atoms with Gasteiger partial charge in [0.15, 0.2) is 0 Å². The summed E-state index contributed by atoms with van der Waals surface area (Å²) in [5.41, 5.74) is 1.60. The van der Waals surface area contributed by atoms with Gasteiger partial charge in [0, 0.05) is 49.9 Å². The number of amides is 2. The Bertz CT molecular complexity index is 945. The molecule has 6 rings (SSSR count). The summed E-state index contributed by atoms with van der Waals surface area (Å²) in [7, 11) is 1.99. The highest BCUT2D eigenvalue weighted by Gasteiger charge is 2.51. The molecule has 7 heteroatoms. The maximum absolute atomic E-state index is 13.6. The molecule has 1 heterocycles. The highest BCUT2D eigenvalue weighted by Crippen LogP contribution is 2.60. The lowest BCUT2D eigenvalue weighted by Gasteiger charge is -2.57. The van der Waals surface area contributed by atoms with E-state index < -0.39 is 5.60 Å². The van der Waals surface area contributed by atoms with Crippen molar-refractivity contribution in [2.45, 2.75) is 64.9 Å². The van der Waals surface area contributed by atoms with Gasteiger partial charge in [-0.25, -0.2) is 4.79 Å². The van der Waals surface area contributed by atoms with Crippen LogP contribution in [0.15, 0.2) is 22.7 Å². The summed E-state index contributed by atoms with van der Waals surface area (Å²) >= 11 is 3.64. The third-order valence-electron chi connectivity index (χ3n) is 8.56. The second-order valence-electron chi connectivity index (χ2n) is 12.7. The number of hydrogen-bond acceptors (Lipinski definition) is 4. The molecule has 4 bridgehead atoms. The fraction of sp³-hybridized carbons (Fsp3) is 0.714. The molecular weight excluding hydrogens is 506 g/mol. The number of anilines is 1. The molecule has 0 radical (unpaired) electrons. The van der Waals surface area contributed by atoms with Crippen LogP contribution in [0.2, 0.25) is 0 Å². The van der Waals surface area contributed by atoms with Gasteiger partial charge in [0.2, 0.25) is 0 Å². The lowest BCUT2D eigenvalue weighted by Crippen LogP contribution is -2.51. The van der Waals surface area contributed by atoms with E-state index in [1.54, 1.807) is 4.90 Å². The standard InChI is InChI=1S/C28H40BrN3O3/c1-27(2,3)35-26(34)32-9-7-31(8-10-32)22-5-6-24(29)23(14-22)25(33)30(4)18-28-15-19-11-20(16-28)13-21(12-19)17-28/h5-6,14,19-21H,7-13,15-18H2,1-4H3. The second-order valence-corrected chi connectivity index (χ2v) is 13.6. The maximum Gasteiger partial charge on any atom is 0.410 e. The van der Waals surface area contributed by atoms with Crippen molar-refractivity contribution in [3.8, 4) is 0 Å². The van der Waals surface area contributed by atoms with Gasteiger partial charge >= 0.3 is 6.09 Å². The van der Waals surface area contributed by atoms with E-state index in [2.05, 4.69) is 26.9 Å². The minimum Gasteiger partial charge on any atom is -0.444 e. The van der Waals surface area contributed by atoms with Crippen LogP contribution >= 0.6 is 15.9 Å². The van der Waals surface area contributed by atoms with Gasteiger partial charge in [0.25, 0.3) is 5.91 Å². The first-order valence-electron chi connectivity index (χ1n) is 13.3. The van der Waals surface area contributed by atoms with Gasteiger partial charge in [-0.1, -0.05) is 0 Å². The Hall–Kier alpha value is -1.76. The first kappa shape index (κ1) is 24.9. The van der Waals surface area contributed by atoms with Crippen LogP contribution < -0.4 is 4.90 Å². The lowest BCUT2D eigenvalue weighted by atomic mass is 9.49. The van der Waals surface area contributed by atoms with Crippen molar-refractivity contribution in [2.24, 2.45) is 23.2 Å². The molecule has 4 aliphatic carbocycles. The van der Waals surface area contributed by atoms with E-state index in [1.807, 2.05) is 44.9 Å². The Morgan fingerprint density at radius 2 is 1.60 bits per heavy atom. The summed E-state index contributed by atoms with van der Waals surface area (Å²) in [6.07, 6.45) is 7.93. The predicted octanol–water partition coefficient (Wildman–Crippen LogP) is 5.79. The Morgan fingerprint density at radius 1 is 1.03 bits per heavy atom. The predicted molar refractivity (Wildman–Crippen MR) is 142 cm³/mol. The molecule has 6 nitrogen and oxygen atoms in total. The van der Waals surface area contributed by atoms with Crippen LogP contribution in [0.25, 0.3) is 0 Å². The van der Waals surface area contributed by atoms with E-state index in [4.69, 9.17) is 4.74 Å². The normalized spacial score (nSPS) is 29.9. The smallest absolute Gasteiger partial charge is 0.410 e. The van der Waals surface area contributed by atoms with E-state index >= 15 is 0 Å². The average molecular weight is 547 g/mol. The number of rotatable bonds is 4. The van der Waals surface area contributed by atoms with E-state index in [-0.39, 0.29) is 12.0 Å². The summed E-state index contributed by atoms with van der Waals surface area (Å²) in [6, 6.07) is 6.07. The molecule has 4 saturated carbocycles. The number of ether oxygens (including phenoxy) is 1. The molecule has 0 aromatic heterocycles. The van der Waals surface area contributed by atoms with Crippen molar-refractivity contribution in [3.05, 3.63) is 28.2 Å². The van der Waals surface area contributed by atoms with E-state index in [9.17, 15) is 9.59 Å². The van der Waals surface area contributed by atoms with Gasteiger partial charge in [-0.15, -0.1) is 0 Å². The molecule has 1 aromatic rings. The zero-order valence-corrected chi connectivity index (χ0v) is 23.3. The minimum absolute atomic E-state index is 0.0989. The van der Waals surface area contributed by atoms with E-state index in [0.717, 1.165) is 53.1 Å². The molecule has 0 spiro atoms. The Balaban J connectivity index is 1.23. The molecule has 2 amide bonds. The van der Waals surface area contributed by atoms with Gasteiger partial charge < -0.3 is 19.4 Å². The molecule has 35 heavy (non-hydrogen) atoms. The molecule has 0 unspecified atom stereocenters. The second kappa shape index (κ2) is 9.28. The highest BCUT2D eigenvalue weighted by molar-refractivity contribution is 9.10. The molecule has 192 valence electrons. The fourth-order valence-electron chi connectivity index (χ4n) is 7.61. The summed E-state index contributed by atoms with van der Waals surface area (Å²) < 4.78 is 6.37. The van der Waals surface area contributed by atoms with Crippen LogP contribution in [0, 0.1) is 23.2 Å². The molecule has 1 saturated heterocycles. The Labute approximate surface area is 218 Å². The quantitative estimate of drug-likeness (QED) is 0.480. The van der Waals surface area contributed by atoms with Crippen LogP contribution in [0.1, 0.15) is 69.7 Å². The van der Waals surface area contributed by atoms with E-state index in [1.165, 1.54) is 38.5 Å². The van der Waals surface area contributed by atoms with Crippen molar-refractivity contribution in [2.75, 3.05) is 44.7 Å². The molecule has 1 aliphatic heterocycles. The number of carbonyl (C=O) groups excluding carboxylic acids is 2. The molecule has 0 N–H and O–H groups in total. The Morgan fingerprint density at radius 3 is 2.14 bits per heavy atom. The third-order valence-corrected chi connectivity index (χ3v) is 9.25. The van der Waals surface area contributed by atoms with Crippen molar-refractivity contribution < 1.29 is 14.3 Å². The topological polar surface area (TPSA) is 53.1 Å². The fourth-order valence-corrected chi connectivity index (χ4v) is 8.03. The number of halogens is 1. The first-order chi connectivity index (χ1) is 16.5. The third kappa shape index (κ3) is 5.35. The molecular formula is C28H40BrN3O3. The SMILES string of the molecule is CN(CC12CC3CC(CC(C3)C1)C2)C(=O)c1cc(N2CCN(C(=O)OC(C)(C)C)CC2)ccc1Br. The molecule has 0 atom stereocenters. The monoisotopic (exact) mass is 545 g/mol. The largest absolute Gasteiger partial charge is 0.444 e. The zero-order chi connectivity index (χ0) is 25.0. The number of nitrogens with zero attached hydrogens (tertiary/aromatic N) is 3. The number of piperazine rings is 1. The van der Waals surface area contributed by atoms with Crippen LogP contribution in [0.4, 0.5) is 10.5 Å². The van der Waals surface area contributed by atoms with Gasteiger partial charge in [0.05, 0.1) is 5.56 Å². The van der Waals surface area contributed by atoms with Crippen molar-refractivity contribution in [1.29, 1.82) is 0 Å². The van der Waals surface area contributed by atoms with Crippen LogP contribution in [-0.4, -0.2) is 67.2 Å². The minimum atomic E-state index is -0.489. The van der Waals surface area contributed by atoms with Crippen LogP contribution in [0.3, 0.4) is 0 Å². The van der Waals surface area contributed by atoms with Gasteiger partial charge in [-0.2, -0.15) is 0 Å². The number of benzene rings is 1. The maximum atomic E-state index is 13.6. The average Bonchev–Trinajstić information content (AvgIpc) is 2.76. The summed E-state index contributed by atoms with van der Waals surface area (Å²) in [4.78, 5) is 32.0. The first-order valence-corrected chi connectivity index (χ1v) is 14.1. The van der Waals surface area contributed by atoms with Gasteiger partial charge in [-0.05, 0) is 117 Å². The van der Waals surface area contributed by atoms with Crippen molar-refractivity contribution in [1.82, 2.24) is 9.80 Å². The summed E-state index contributed by atoms with van der Waals surface area (Å²) in [5, 5.41) is 0. The van der Waals surface area contributed by atoms with Crippen LogP contribution in [0.5, 0.6) is 0 Å². The van der Waals surface area contributed by atoms with Gasteiger partial charge in [-0.3, -0.25) is 4.79 Å². The molecule has 5 fully saturated rings. The van der Waals surface area contributed by atoms with Crippen molar-refractivity contribution >= 4 is 33.6 Å². The zero-order valence-electron chi connectivity index (χ0n) is 21.7. The van der Waals surface area contributed by atoms with Gasteiger partial charge in [0.1, 0.15) is 5.60 Å². The summed E-state index contributed by atoms with van der Waals surface area (Å²) in [5.74, 6) is 2.76. The Kier molecular flexibility index (Phi) is 6.60. The molecule has 1 aromatic carbocycles. The van der Waals surface area contributed by atoms with E-state index in [0.29, 0.717) is 18.5 Å². The van der Waals surface area contributed by atoms with Crippen LogP contribution in [-0.2, 0) is 4.74 Å². The number of carbonyl (C=O) groups is 2. The summed E-state index contributed by atoms with van der Waals surface area (Å²) in [6.45, 7) is 9.21. The lowest BCUT2D eigenvalue weighted by molar-refractivity contribution is -0.0629. The molecule has 5 aliphatic rings. The number of hydrogen-bond donors (Lipinski definition) is 0. The van der Waals surface area contributed by atoms with Crippen molar-refractivity contribution in [3.63, 3.8) is 0 Å². The highest BCUT2D eigenvalue weighted by atomic mass is 79.9.